The minimum Gasteiger partial charge on any atom is -0.348 e. The molecule has 0 saturated carbocycles. The van der Waals surface area contributed by atoms with Crippen LogP contribution in [-0.4, -0.2) is 28.0 Å². The Labute approximate surface area is 105 Å². The molecule has 0 radical (unpaired) electrons. The third kappa shape index (κ3) is 2.88. The van der Waals surface area contributed by atoms with Gasteiger partial charge in [-0.2, -0.15) is 0 Å². The Balaban J connectivity index is 2.01. The van der Waals surface area contributed by atoms with Gasteiger partial charge < -0.3 is 14.0 Å². The highest BCUT2D eigenvalue weighted by atomic mass is 16.7. The topological polar surface area (TPSA) is 73.3 Å². The van der Waals surface area contributed by atoms with Gasteiger partial charge in [0.2, 0.25) is 0 Å². The van der Waals surface area contributed by atoms with E-state index >= 15 is 0 Å². The van der Waals surface area contributed by atoms with E-state index in [4.69, 9.17) is 9.47 Å². The molecule has 1 aliphatic heterocycles. The summed E-state index contributed by atoms with van der Waals surface area (Å²) >= 11 is 0. The van der Waals surface area contributed by atoms with Gasteiger partial charge in [0, 0.05) is 18.3 Å². The molecule has 2 rings (SSSR count). The molecule has 18 heavy (non-hydrogen) atoms. The third-order valence-electron chi connectivity index (χ3n) is 2.95. The average Bonchev–Trinajstić information content (AvgIpc) is 2.62. The summed E-state index contributed by atoms with van der Waals surface area (Å²) in [5.74, 6) is -0.545. The van der Waals surface area contributed by atoms with Crippen LogP contribution in [0.25, 0.3) is 0 Å². The highest BCUT2D eigenvalue weighted by Crippen LogP contribution is 2.24. The molecule has 1 saturated heterocycles. The van der Waals surface area contributed by atoms with Crippen LogP contribution in [-0.2, 0) is 16.0 Å². The number of nitrogens with one attached hydrogen (secondary N) is 1. The Kier molecular flexibility index (Phi) is 3.41. The largest absolute Gasteiger partial charge is 0.348 e. The molecular weight excluding hydrogens is 236 g/mol. The van der Waals surface area contributed by atoms with Crippen LogP contribution in [0.1, 0.15) is 25.8 Å². The van der Waals surface area contributed by atoms with E-state index in [0.29, 0.717) is 25.1 Å². The maximum atomic E-state index is 11.6. The standard InChI is InChI=1S/C12H18N2O4/c1-8-6-14(11(16)13-10(8)15)5-4-9-7-17-12(2,3)18-9/h6,9H,4-5,7H2,1-3H3,(H,13,15,16). The second-order valence-corrected chi connectivity index (χ2v) is 5.00. The number of hydrogen-bond donors (Lipinski definition) is 1. The van der Waals surface area contributed by atoms with Crippen molar-refractivity contribution in [3.63, 3.8) is 0 Å². The molecule has 1 N–H and O–H groups in total. The zero-order valence-corrected chi connectivity index (χ0v) is 10.9. The van der Waals surface area contributed by atoms with Gasteiger partial charge in [-0.3, -0.25) is 9.78 Å². The fourth-order valence-corrected chi connectivity index (χ4v) is 1.97. The van der Waals surface area contributed by atoms with Crippen molar-refractivity contribution in [1.82, 2.24) is 9.55 Å². The predicted molar refractivity (Wildman–Crippen MR) is 65.6 cm³/mol. The first-order valence-corrected chi connectivity index (χ1v) is 5.99. The van der Waals surface area contributed by atoms with Crippen LogP contribution < -0.4 is 11.2 Å². The Bertz CT molecular complexity index is 544. The lowest BCUT2D eigenvalue weighted by molar-refractivity contribution is -0.139. The van der Waals surface area contributed by atoms with Gasteiger partial charge in [0.15, 0.2) is 5.79 Å². The Morgan fingerprint density at radius 2 is 2.22 bits per heavy atom. The van der Waals surface area contributed by atoms with Crippen molar-refractivity contribution in [2.24, 2.45) is 0 Å². The molecule has 1 fully saturated rings. The molecule has 6 heteroatoms. The van der Waals surface area contributed by atoms with E-state index in [1.807, 2.05) is 13.8 Å². The van der Waals surface area contributed by atoms with E-state index in [0.717, 1.165) is 0 Å². The smallest absolute Gasteiger partial charge is 0.328 e. The normalized spacial score (nSPS) is 22.3. The summed E-state index contributed by atoms with van der Waals surface area (Å²) in [6.45, 7) is 6.43. The molecule has 0 amide bonds. The first kappa shape index (κ1) is 13.0. The van der Waals surface area contributed by atoms with Crippen LogP contribution in [0.3, 0.4) is 0 Å². The molecule has 100 valence electrons. The van der Waals surface area contributed by atoms with E-state index in [9.17, 15) is 9.59 Å². The molecule has 6 nitrogen and oxygen atoms in total. The number of ether oxygens (including phenoxy) is 2. The molecule has 2 heterocycles. The van der Waals surface area contributed by atoms with Gasteiger partial charge in [-0.25, -0.2) is 4.79 Å². The summed E-state index contributed by atoms with van der Waals surface area (Å²) in [7, 11) is 0. The number of H-pyrrole nitrogens is 1. The molecule has 1 atom stereocenters. The lowest BCUT2D eigenvalue weighted by Crippen LogP contribution is -2.32. The van der Waals surface area contributed by atoms with Crippen LogP contribution in [0.2, 0.25) is 0 Å². The Morgan fingerprint density at radius 1 is 1.50 bits per heavy atom. The minimum absolute atomic E-state index is 0.0147. The molecule has 0 aromatic carbocycles. The molecule has 1 aromatic rings. The van der Waals surface area contributed by atoms with Crippen LogP contribution in [0.5, 0.6) is 0 Å². The van der Waals surface area contributed by atoms with Crippen LogP contribution in [0.4, 0.5) is 0 Å². The van der Waals surface area contributed by atoms with Gasteiger partial charge in [-0.05, 0) is 27.2 Å². The SMILES string of the molecule is Cc1cn(CCC2COC(C)(C)O2)c(=O)[nH]c1=O. The van der Waals surface area contributed by atoms with Crippen LogP contribution >= 0.6 is 0 Å². The first-order chi connectivity index (χ1) is 8.37. The van der Waals surface area contributed by atoms with Gasteiger partial charge in [-0.15, -0.1) is 0 Å². The zero-order valence-electron chi connectivity index (χ0n) is 10.9. The van der Waals surface area contributed by atoms with Crippen molar-refractivity contribution in [3.05, 3.63) is 32.6 Å². The molecule has 0 spiro atoms. The fourth-order valence-electron chi connectivity index (χ4n) is 1.97. The Morgan fingerprint density at radius 3 is 2.83 bits per heavy atom. The monoisotopic (exact) mass is 254 g/mol. The average molecular weight is 254 g/mol. The van der Waals surface area contributed by atoms with Gasteiger partial charge in [0.1, 0.15) is 0 Å². The summed E-state index contributed by atoms with van der Waals surface area (Å²) < 4.78 is 12.6. The second kappa shape index (κ2) is 4.70. The summed E-state index contributed by atoms with van der Waals surface area (Å²) in [5, 5.41) is 0. The number of nitrogens with zero attached hydrogens (tertiary/aromatic N) is 1. The summed E-state index contributed by atoms with van der Waals surface area (Å²) in [6, 6.07) is 0. The maximum absolute atomic E-state index is 11.6. The summed E-state index contributed by atoms with van der Waals surface area (Å²) in [6.07, 6.45) is 2.23. The van der Waals surface area contributed by atoms with Gasteiger partial charge in [0.25, 0.3) is 5.56 Å². The lowest BCUT2D eigenvalue weighted by Gasteiger charge is -2.17. The van der Waals surface area contributed by atoms with Crippen LogP contribution in [0, 0.1) is 6.92 Å². The predicted octanol–water partition coefficient (Wildman–Crippen LogP) is 0.387. The lowest BCUT2D eigenvalue weighted by atomic mass is 10.2. The molecule has 1 unspecified atom stereocenters. The van der Waals surface area contributed by atoms with E-state index in [-0.39, 0.29) is 17.4 Å². The van der Waals surface area contributed by atoms with Crippen molar-refractivity contribution in [1.29, 1.82) is 0 Å². The van der Waals surface area contributed by atoms with Gasteiger partial charge in [0.05, 0.1) is 12.7 Å². The molecule has 1 aromatic heterocycles. The molecular formula is C12H18N2O4. The maximum Gasteiger partial charge on any atom is 0.328 e. The van der Waals surface area contributed by atoms with Crippen LogP contribution in [0.15, 0.2) is 15.8 Å². The van der Waals surface area contributed by atoms with E-state index in [1.165, 1.54) is 4.57 Å². The van der Waals surface area contributed by atoms with Gasteiger partial charge in [-0.1, -0.05) is 0 Å². The number of hydrogen-bond acceptors (Lipinski definition) is 4. The molecule has 0 bridgehead atoms. The number of aromatic amines is 1. The summed E-state index contributed by atoms with van der Waals surface area (Å²) in [5.41, 5.74) is -0.194. The number of aromatic nitrogens is 2. The van der Waals surface area contributed by atoms with E-state index in [2.05, 4.69) is 4.98 Å². The highest BCUT2D eigenvalue weighted by molar-refractivity contribution is 5.00. The molecule has 1 aliphatic rings. The van der Waals surface area contributed by atoms with Crippen molar-refractivity contribution >= 4 is 0 Å². The quantitative estimate of drug-likeness (QED) is 0.846. The first-order valence-electron chi connectivity index (χ1n) is 5.99. The number of aryl methyl sites for hydroxylation is 2. The van der Waals surface area contributed by atoms with E-state index < -0.39 is 5.79 Å². The van der Waals surface area contributed by atoms with Crippen molar-refractivity contribution in [3.8, 4) is 0 Å². The zero-order chi connectivity index (χ0) is 13.3. The molecule has 0 aliphatic carbocycles. The van der Waals surface area contributed by atoms with Crippen molar-refractivity contribution in [2.75, 3.05) is 6.61 Å². The third-order valence-corrected chi connectivity index (χ3v) is 2.95. The second-order valence-electron chi connectivity index (χ2n) is 5.00. The van der Waals surface area contributed by atoms with Crippen molar-refractivity contribution < 1.29 is 9.47 Å². The van der Waals surface area contributed by atoms with Crippen molar-refractivity contribution in [2.45, 2.75) is 45.6 Å². The minimum atomic E-state index is -0.545. The Hall–Kier alpha value is -1.40. The van der Waals surface area contributed by atoms with Gasteiger partial charge >= 0.3 is 5.69 Å². The fraction of sp³-hybridized carbons (Fsp3) is 0.667. The highest BCUT2D eigenvalue weighted by Gasteiger charge is 2.32. The van der Waals surface area contributed by atoms with E-state index in [1.54, 1.807) is 13.1 Å². The number of rotatable bonds is 3. The summed E-state index contributed by atoms with van der Waals surface area (Å²) in [4.78, 5) is 25.1.